The number of para-hydroxylation sites is 1. The Kier molecular flexibility index (Phi) is 8.27. The molecular formula is C25H31N3O4. The molecule has 1 heterocycles. The normalized spacial score (nSPS) is 14.8. The molecule has 7 heteroatoms. The number of nitrogens with one attached hydrogen (secondary N) is 2. The van der Waals surface area contributed by atoms with Crippen LogP contribution in [0.5, 0.6) is 11.5 Å². The summed E-state index contributed by atoms with van der Waals surface area (Å²) in [5, 5.41) is 6.03. The number of nitrogens with zero attached hydrogens (tertiary/aromatic N) is 1. The second-order valence-corrected chi connectivity index (χ2v) is 7.74. The van der Waals surface area contributed by atoms with Crippen molar-refractivity contribution in [3.63, 3.8) is 0 Å². The van der Waals surface area contributed by atoms with E-state index in [1.165, 1.54) is 0 Å². The minimum absolute atomic E-state index is 0.0273. The fourth-order valence-corrected chi connectivity index (χ4v) is 3.86. The van der Waals surface area contributed by atoms with E-state index in [9.17, 15) is 9.59 Å². The lowest BCUT2D eigenvalue weighted by atomic mass is 10.0. The van der Waals surface area contributed by atoms with E-state index in [2.05, 4.69) is 15.5 Å². The van der Waals surface area contributed by atoms with Crippen molar-refractivity contribution in [2.75, 3.05) is 39.2 Å². The van der Waals surface area contributed by atoms with Crippen LogP contribution < -0.4 is 20.1 Å². The van der Waals surface area contributed by atoms with E-state index in [1.807, 2.05) is 49.4 Å². The van der Waals surface area contributed by atoms with Crippen LogP contribution in [-0.4, -0.2) is 56.6 Å². The first-order chi connectivity index (χ1) is 15.5. The Morgan fingerprint density at radius 1 is 1.09 bits per heavy atom. The van der Waals surface area contributed by atoms with Gasteiger partial charge in [-0.2, -0.15) is 0 Å². The molecule has 170 valence electrons. The highest BCUT2D eigenvalue weighted by Crippen LogP contribution is 2.33. The summed E-state index contributed by atoms with van der Waals surface area (Å²) >= 11 is 0. The van der Waals surface area contributed by atoms with Gasteiger partial charge in [0.05, 0.1) is 20.8 Å². The van der Waals surface area contributed by atoms with Crippen LogP contribution in [0.25, 0.3) is 6.08 Å². The third-order valence-electron chi connectivity index (χ3n) is 5.46. The molecule has 0 saturated carbocycles. The molecule has 1 fully saturated rings. The van der Waals surface area contributed by atoms with E-state index < -0.39 is 0 Å². The Bertz CT molecular complexity index is 951. The number of anilines is 1. The molecule has 0 aliphatic carbocycles. The fraction of sp³-hybridized carbons (Fsp3) is 0.360. The SMILES string of the molecule is C/C=C/c1cc(C(=O)NC2CCN(CC(=O)Nc3ccccc3)CC2)cc(OC)c1OC. The van der Waals surface area contributed by atoms with Crippen molar-refractivity contribution < 1.29 is 19.1 Å². The summed E-state index contributed by atoms with van der Waals surface area (Å²) in [6.07, 6.45) is 5.36. The Labute approximate surface area is 189 Å². The van der Waals surface area contributed by atoms with Gasteiger partial charge in [0.25, 0.3) is 5.91 Å². The molecule has 2 aromatic carbocycles. The molecule has 0 bridgehead atoms. The number of likely N-dealkylation sites (tertiary alicyclic amines) is 1. The van der Waals surface area contributed by atoms with Gasteiger partial charge in [0.2, 0.25) is 5.91 Å². The van der Waals surface area contributed by atoms with Gasteiger partial charge in [-0.3, -0.25) is 14.5 Å². The molecule has 2 N–H and O–H groups in total. The Morgan fingerprint density at radius 2 is 1.81 bits per heavy atom. The van der Waals surface area contributed by atoms with Gasteiger partial charge in [-0.05, 0) is 44.0 Å². The lowest BCUT2D eigenvalue weighted by molar-refractivity contribution is -0.117. The zero-order chi connectivity index (χ0) is 22.9. The standard InChI is InChI=1S/C25H31N3O4/c1-4-8-18-15-19(16-22(31-2)24(18)32-3)25(30)27-21-11-13-28(14-12-21)17-23(29)26-20-9-6-5-7-10-20/h4-10,15-16,21H,11-14,17H2,1-3H3,(H,26,29)(H,27,30)/b8-4+. The summed E-state index contributed by atoms with van der Waals surface area (Å²) in [5.74, 6) is 0.953. The summed E-state index contributed by atoms with van der Waals surface area (Å²) in [6.45, 7) is 3.76. The number of carbonyl (C=O) groups is 2. The molecule has 0 spiro atoms. The van der Waals surface area contributed by atoms with E-state index in [1.54, 1.807) is 26.4 Å². The Balaban J connectivity index is 1.54. The highest BCUT2D eigenvalue weighted by Gasteiger charge is 2.23. The molecule has 0 radical (unpaired) electrons. The number of ether oxygens (including phenoxy) is 2. The smallest absolute Gasteiger partial charge is 0.251 e. The lowest BCUT2D eigenvalue weighted by Crippen LogP contribution is -2.46. The van der Waals surface area contributed by atoms with Crippen molar-refractivity contribution in [2.45, 2.75) is 25.8 Å². The van der Waals surface area contributed by atoms with Gasteiger partial charge in [0.15, 0.2) is 11.5 Å². The highest BCUT2D eigenvalue weighted by molar-refractivity contribution is 5.96. The molecule has 3 rings (SSSR count). The van der Waals surface area contributed by atoms with E-state index in [0.29, 0.717) is 23.6 Å². The molecule has 32 heavy (non-hydrogen) atoms. The van der Waals surface area contributed by atoms with Crippen LogP contribution in [-0.2, 0) is 4.79 Å². The molecule has 2 amide bonds. The van der Waals surface area contributed by atoms with Crippen LogP contribution in [0.1, 0.15) is 35.7 Å². The van der Waals surface area contributed by atoms with E-state index in [-0.39, 0.29) is 17.9 Å². The zero-order valence-electron chi connectivity index (χ0n) is 18.9. The third-order valence-corrected chi connectivity index (χ3v) is 5.46. The van der Waals surface area contributed by atoms with Gasteiger partial charge in [-0.25, -0.2) is 0 Å². The maximum atomic E-state index is 12.9. The van der Waals surface area contributed by atoms with Gasteiger partial charge in [0, 0.05) is 35.9 Å². The lowest BCUT2D eigenvalue weighted by Gasteiger charge is -2.32. The monoisotopic (exact) mass is 437 g/mol. The summed E-state index contributed by atoms with van der Waals surface area (Å²) in [5.41, 5.74) is 2.12. The number of hydrogen-bond donors (Lipinski definition) is 2. The second kappa shape index (κ2) is 11.3. The minimum Gasteiger partial charge on any atom is -0.493 e. The van der Waals surface area contributed by atoms with Crippen molar-refractivity contribution >= 4 is 23.6 Å². The van der Waals surface area contributed by atoms with Gasteiger partial charge in [-0.1, -0.05) is 30.4 Å². The summed E-state index contributed by atoms with van der Waals surface area (Å²) < 4.78 is 10.9. The predicted molar refractivity (Wildman–Crippen MR) is 126 cm³/mol. The van der Waals surface area contributed by atoms with Crippen LogP contribution >= 0.6 is 0 Å². The zero-order valence-corrected chi connectivity index (χ0v) is 18.9. The average Bonchev–Trinajstić information content (AvgIpc) is 2.80. The third kappa shape index (κ3) is 6.11. The molecule has 1 saturated heterocycles. The molecule has 0 atom stereocenters. The second-order valence-electron chi connectivity index (χ2n) is 7.74. The van der Waals surface area contributed by atoms with Crippen molar-refractivity contribution in [3.05, 3.63) is 59.7 Å². The summed E-state index contributed by atoms with van der Waals surface area (Å²) in [4.78, 5) is 27.3. The number of piperidine rings is 1. The van der Waals surface area contributed by atoms with Crippen molar-refractivity contribution in [1.29, 1.82) is 0 Å². The topological polar surface area (TPSA) is 79.9 Å². The number of carbonyl (C=O) groups excluding carboxylic acids is 2. The summed E-state index contributed by atoms with van der Waals surface area (Å²) in [6, 6.07) is 13.0. The molecule has 1 aliphatic heterocycles. The molecule has 2 aromatic rings. The van der Waals surface area contributed by atoms with E-state index >= 15 is 0 Å². The number of rotatable bonds is 8. The Morgan fingerprint density at radius 3 is 2.44 bits per heavy atom. The predicted octanol–water partition coefficient (Wildman–Crippen LogP) is 3.57. The number of allylic oxidation sites excluding steroid dienone is 1. The van der Waals surface area contributed by atoms with Crippen molar-refractivity contribution in [1.82, 2.24) is 10.2 Å². The van der Waals surface area contributed by atoms with E-state index in [0.717, 1.165) is 37.2 Å². The highest BCUT2D eigenvalue weighted by atomic mass is 16.5. The molecule has 1 aliphatic rings. The van der Waals surface area contributed by atoms with Crippen LogP contribution in [0.3, 0.4) is 0 Å². The van der Waals surface area contributed by atoms with E-state index in [4.69, 9.17) is 9.47 Å². The molecule has 0 aromatic heterocycles. The number of benzene rings is 2. The largest absolute Gasteiger partial charge is 0.493 e. The van der Waals surface area contributed by atoms with Crippen LogP contribution in [0, 0.1) is 0 Å². The van der Waals surface area contributed by atoms with Gasteiger partial charge >= 0.3 is 0 Å². The molecule has 7 nitrogen and oxygen atoms in total. The van der Waals surface area contributed by atoms with Crippen LogP contribution in [0.4, 0.5) is 5.69 Å². The average molecular weight is 438 g/mol. The quantitative estimate of drug-likeness (QED) is 0.660. The first-order valence-corrected chi connectivity index (χ1v) is 10.8. The van der Waals surface area contributed by atoms with Crippen LogP contribution in [0.15, 0.2) is 48.5 Å². The Hall–Kier alpha value is -3.32. The number of methoxy groups -OCH3 is 2. The molecule has 0 unspecified atom stereocenters. The van der Waals surface area contributed by atoms with Gasteiger partial charge in [-0.15, -0.1) is 0 Å². The minimum atomic E-state index is -0.142. The number of amides is 2. The maximum Gasteiger partial charge on any atom is 0.251 e. The van der Waals surface area contributed by atoms with Gasteiger partial charge < -0.3 is 20.1 Å². The van der Waals surface area contributed by atoms with Crippen LogP contribution in [0.2, 0.25) is 0 Å². The van der Waals surface area contributed by atoms with Crippen molar-refractivity contribution in [3.8, 4) is 11.5 Å². The number of hydrogen-bond acceptors (Lipinski definition) is 5. The van der Waals surface area contributed by atoms with Crippen molar-refractivity contribution in [2.24, 2.45) is 0 Å². The first kappa shape index (κ1) is 23.3. The summed E-state index contributed by atoms with van der Waals surface area (Å²) in [7, 11) is 3.14. The van der Waals surface area contributed by atoms with Gasteiger partial charge in [0.1, 0.15) is 0 Å². The maximum absolute atomic E-state index is 12.9. The fourth-order valence-electron chi connectivity index (χ4n) is 3.86. The molecular weight excluding hydrogens is 406 g/mol. The first-order valence-electron chi connectivity index (χ1n) is 10.8.